The summed E-state index contributed by atoms with van der Waals surface area (Å²) in [5.41, 5.74) is 1.80. The van der Waals surface area contributed by atoms with Gasteiger partial charge in [-0.25, -0.2) is 0 Å². The van der Waals surface area contributed by atoms with E-state index in [1.54, 1.807) is 6.07 Å². The number of benzene rings is 1. The van der Waals surface area contributed by atoms with Gasteiger partial charge >= 0.3 is 0 Å². The maximum atomic E-state index is 12.5. The summed E-state index contributed by atoms with van der Waals surface area (Å²) in [6, 6.07) is 5.71. The zero-order chi connectivity index (χ0) is 15.9. The monoisotopic (exact) mass is 302 g/mol. The third-order valence-corrected chi connectivity index (χ3v) is 4.94. The molecular formula is C18H26N2O2. The summed E-state index contributed by atoms with van der Waals surface area (Å²) in [4.78, 5) is 12.5. The smallest absolute Gasteiger partial charge is 0.242 e. The second-order valence-electron chi connectivity index (χ2n) is 7.63. The van der Waals surface area contributed by atoms with Gasteiger partial charge in [-0.15, -0.1) is 0 Å². The number of fused-ring (bicyclic) bond motifs is 1. The van der Waals surface area contributed by atoms with Crippen molar-refractivity contribution < 1.29 is 9.90 Å². The molecule has 4 nitrogen and oxygen atoms in total. The van der Waals surface area contributed by atoms with Gasteiger partial charge in [0.1, 0.15) is 11.8 Å². The molecule has 1 saturated carbocycles. The largest absolute Gasteiger partial charge is 0.508 e. The maximum Gasteiger partial charge on any atom is 0.242 e. The number of rotatable bonds is 1. The average molecular weight is 302 g/mol. The lowest BCUT2D eigenvalue weighted by atomic mass is 9.83. The maximum absolute atomic E-state index is 12.5. The van der Waals surface area contributed by atoms with Crippen LogP contribution in [0.25, 0.3) is 0 Å². The second kappa shape index (κ2) is 5.58. The van der Waals surface area contributed by atoms with Crippen LogP contribution in [-0.4, -0.2) is 23.1 Å². The molecule has 1 amide bonds. The van der Waals surface area contributed by atoms with Crippen molar-refractivity contribution in [1.82, 2.24) is 10.6 Å². The van der Waals surface area contributed by atoms with Crippen molar-refractivity contribution in [2.45, 2.75) is 70.0 Å². The van der Waals surface area contributed by atoms with Crippen molar-refractivity contribution in [3.05, 3.63) is 29.3 Å². The Bertz CT molecular complexity index is 577. The molecule has 1 heterocycles. The van der Waals surface area contributed by atoms with Crippen LogP contribution in [0.2, 0.25) is 0 Å². The molecule has 2 fully saturated rings. The first-order valence-electron chi connectivity index (χ1n) is 8.26. The quantitative estimate of drug-likeness (QED) is 0.747. The summed E-state index contributed by atoms with van der Waals surface area (Å²) in [5.74, 6) is 0.166. The lowest BCUT2D eigenvalue weighted by Crippen LogP contribution is -2.61. The molecule has 120 valence electrons. The van der Waals surface area contributed by atoms with Crippen molar-refractivity contribution in [3.8, 4) is 5.75 Å². The Morgan fingerprint density at radius 3 is 2.50 bits per heavy atom. The van der Waals surface area contributed by atoms with Gasteiger partial charge in [-0.05, 0) is 36.0 Å². The highest BCUT2D eigenvalue weighted by atomic mass is 16.3. The summed E-state index contributed by atoms with van der Waals surface area (Å²) in [6.45, 7) is 6.40. The van der Waals surface area contributed by atoms with Crippen molar-refractivity contribution in [2.24, 2.45) is 0 Å². The first-order valence-corrected chi connectivity index (χ1v) is 8.26. The predicted octanol–water partition coefficient (Wildman–Crippen LogP) is 2.76. The summed E-state index contributed by atoms with van der Waals surface area (Å²) in [7, 11) is 0. The van der Waals surface area contributed by atoms with Gasteiger partial charge in [-0.2, -0.15) is 0 Å². The van der Waals surface area contributed by atoms with Gasteiger partial charge in [-0.1, -0.05) is 39.7 Å². The van der Waals surface area contributed by atoms with E-state index in [1.807, 2.05) is 12.1 Å². The zero-order valence-corrected chi connectivity index (χ0v) is 13.6. The highest BCUT2D eigenvalue weighted by Gasteiger charge is 2.38. The van der Waals surface area contributed by atoms with Crippen LogP contribution in [-0.2, 0) is 10.2 Å². The minimum Gasteiger partial charge on any atom is -0.508 e. The molecule has 1 aliphatic heterocycles. The zero-order valence-electron chi connectivity index (χ0n) is 13.6. The van der Waals surface area contributed by atoms with Crippen LogP contribution in [0, 0.1) is 0 Å². The van der Waals surface area contributed by atoms with Gasteiger partial charge in [0, 0.05) is 17.6 Å². The number of phenols is 1. The fraction of sp³-hybridized carbons (Fsp3) is 0.611. The highest BCUT2D eigenvalue weighted by Crippen LogP contribution is 2.34. The van der Waals surface area contributed by atoms with Gasteiger partial charge in [0.15, 0.2) is 0 Å². The molecule has 2 aliphatic rings. The summed E-state index contributed by atoms with van der Waals surface area (Å²) < 4.78 is 0. The third kappa shape index (κ3) is 2.84. The lowest BCUT2D eigenvalue weighted by molar-refractivity contribution is -0.127. The van der Waals surface area contributed by atoms with Gasteiger partial charge in [0.2, 0.25) is 5.91 Å². The minimum absolute atomic E-state index is 0.0129. The second-order valence-corrected chi connectivity index (χ2v) is 7.63. The topological polar surface area (TPSA) is 61.4 Å². The molecule has 4 heteroatoms. The molecule has 0 spiro atoms. The molecule has 3 N–H and O–H groups in total. The highest BCUT2D eigenvalue weighted by molar-refractivity contribution is 5.85. The number of aromatic hydroxyl groups is 1. The van der Waals surface area contributed by atoms with Crippen molar-refractivity contribution in [3.63, 3.8) is 0 Å². The number of hydrogen-bond donors (Lipinski definition) is 3. The number of carbonyl (C=O) groups is 1. The standard InChI is InChI=1S/C18H26N2O2/c1-18(2,3)11-8-9-15(21)12(10-11)16-17(22)20-14-7-5-4-6-13(14)19-16/h8-10,13-14,16,19,21H,4-7H2,1-3H3,(H,20,22)/t13-,14-,16+/m1/s1. The number of phenolic OH excluding ortho intramolecular Hbond substituents is 1. The van der Waals surface area contributed by atoms with Crippen LogP contribution < -0.4 is 10.6 Å². The molecule has 1 aliphatic carbocycles. The number of nitrogens with one attached hydrogen (secondary N) is 2. The summed E-state index contributed by atoms with van der Waals surface area (Å²) in [6.07, 6.45) is 4.51. The van der Waals surface area contributed by atoms with Gasteiger partial charge in [0.25, 0.3) is 0 Å². The van der Waals surface area contributed by atoms with Gasteiger partial charge < -0.3 is 10.4 Å². The first kappa shape index (κ1) is 15.3. The molecule has 0 unspecified atom stereocenters. The SMILES string of the molecule is CC(C)(C)c1ccc(O)c([C@@H]2N[C@@H]3CCCC[C@H]3NC2=O)c1. The molecule has 0 radical (unpaired) electrons. The van der Waals surface area contributed by atoms with E-state index in [1.165, 1.54) is 12.8 Å². The molecule has 1 saturated heterocycles. The number of carbonyl (C=O) groups excluding carboxylic acids is 1. The fourth-order valence-electron chi connectivity index (χ4n) is 3.54. The van der Waals surface area contributed by atoms with E-state index >= 15 is 0 Å². The molecule has 1 aromatic rings. The van der Waals surface area contributed by atoms with Crippen molar-refractivity contribution in [1.29, 1.82) is 0 Å². The van der Waals surface area contributed by atoms with Crippen molar-refractivity contribution >= 4 is 5.91 Å². The van der Waals surface area contributed by atoms with Crippen LogP contribution in [0.1, 0.15) is 63.6 Å². The molecule has 1 aromatic carbocycles. The first-order chi connectivity index (χ1) is 10.4. The summed E-state index contributed by atoms with van der Waals surface area (Å²) in [5, 5.41) is 16.9. The Morgan fingerprint density at radius 2 is 1.82 bits per heavy atom. The molecule has 3 atom stereocenters. The van der Waals surface area contributed by atoms with Crippen LogP contribution >= 0.6 is 0 Å². The number of amides is 1. The molecule has 0 bridgehead atoms. The fourth-order valence-corrected chi connectivity index (χ4v) is 3.54. The van der Waals surface area contributed by atoms with Crippen LogP contribution in [0.4, 0.5) is 0 Å². The average Bonchev–Trinajstić information content (AvgIpc) is 2.46. The Morgan fingerprint density at radius 1 is 1.14 bits per heavy atom. The molecule has 22 heavy (non-hydrogen) atoms. The van der Waals surface area contributed by atoms with E-state index in [9.17, 15) is 9.90 Å². The van der Waals surface area contributed by atoms with E-state index in [-0.39, 0.29) is 23.1 Å². The van der Waals surface area contributed by atoms with Crippen LogP contribution in [0.5, 0.6) is 5.75 Å². The number of piperazine rings is 1. The van der Waals surface area contributed by atoms with Gasteiger partial charge in [-0.3, -0.25) is 10.1 Å². The Hall–Kier alpha value is -1.55. The van der Waals surface area contributed by atoms with Crippen LogP contribution in [0.3, 0.4) is 0 Å². The lowest BCUT2D eigenvalue weighted by Gasteiger charge is -2.41. The molecular weight excluding hydrogens is 276 g/mol. The predicted molar refractivity (Wildman–Crippen MR) is 86.9 cm³/mol. The van der Waals surface area contributed by atoms with Crippen molar-refractivity contribution in [2.75, 3.05) is 0 Å². The molecule has 3 rings (SSSR count). The van der Waals surface area contributed by atoms with Crippen LogP contribution in [0.15, 0.2) is 18.2 Å². The number of hydrogen-bond acceptors (Lipinski definition) is 3. The minimum atomic E-state index is -0.457. The molecule has 0 aromatic heterocycles. The Labute approximate surface area is 132 Å². The third-order valence-electron chi connectivity index (χ3n) is 4.94. The van der Waals surface area contributed by atoms with E-state index < -0.39 is 6.04 Å². The Kier molecular flexibility index (Phi) is 3.89. The summed E-state index contributed by atoms with van der Waals surface area (Å²) >= 11 is 0. The van der Waals surface area contributed by atoms with E-state index in [0.29, 0.717) is 11.6 Å². The van der Waals surface area contributed by atoms with E-state index in [0.717, 1.165) is 18.4 Å². The normalized spacial score (nSPS) is 28.9. The Balaban J connectivity index is 1.91. The van der Waals surface area contributed by atoms with Gasteiger partial charge in [0.05, 0.1) is 0 Å². The van der Waals surface area contributed by atoms with E-state index in [4.69, 9.17) is 0 Å². The van der Waals surface area contributed by atoms with E-state index in [2.05, 4.69) is 31.4 Å².